The molecule has 0 heterocycles. The molecule has 0 amide bonds. The van der Waals surface area contributed by atoms with Gasteiger partial charge in [-0.15, -0.1) is 0 Å². The van der Waals surface area contributed by atoms with Crippen LogP contribution < -0.4 is 0 Å². The first kappa shape index (κ1) is 13.1. The van der Waals surface area contributed by atoms with Crippen molar-refractivity contribution in [1.82, 2.24) is 0 Å². The fourth-order valence-corrected chi connectivity index (χ4v) is 2.28. The van der Waals surface area contributed by atoms with Gasteiger partial charge in [0.25, 0.3) is 0 Å². The molecule has 0 saturated carbocycles. The molecule has 3 nitrogen and oxygen atoms in total. The van der Waals surface area contributed by atoms with Gasteiger partial charge in [-0.05, 0) is 18.4 Å². The highest BCUT2D eigenvalue weighted by atomic mass is 16.3. The van der Waals surface area contributed by atoms with Crippen molar-refractivity contribution in [2.45, 2.75) is 33.3 Å². The van der Waals surface area contributed by atoms with Crippen molar-refractivity contribution < 1.29 is 15.0 Å². The molecular weight excluding hydrogens is 204 g/mol. The lowest BCUT2D eigenvalue weighted by atomic mass is 9.68. The summed E-state index contributed by atoms with van der Waals surface area (Å²) in [6.45, 7) is 5.74. The topological polar surface area (TPSA) is 57.5 Å². The second kappa shape index (κ2) is 4.93. The second-order valence-corrected chi connectivity index (χ2v) is 5.13. The zero-order valence-electron chi connectivity index (χ0n) is 10.1. The largest absolute Gasteiger partial charge is 0.393 e. The third-order valence-electron chi connectivity index (χ3n) is 3.06. The summed E-state index contributed by atoms with van der Waals surface area (Å²) < 4.78 is 0. The van der Waals surface area contributed by atoms with Crippen LogP contribution in [0.4, 0.5) is 0 Å². The maximum absolute atomic E-state index is 11.4. The van der Waals surface area contributed by atoms with Crippen LogP contribution in [0.5, 0.6) is 0 Å². The number of hydrogen-bond donors (Lipinski definition) is 2. The maximum atomic E-state index is 11.4. The van der Waals surface area contributed by atoms with Crippen LogP contribution in [0.3, 0.4) is 0 Å². The molecule has 2 atom stereocenters. The van der Waals surface area contributed by atoms with Crippen molar-refractivity contribution in [3.8, 4) is 0 Å². The Balaban J connectivity index is 2.88. The molecule has 0 aromatic carbocycles. The average Bonchev–Trinajstić information content (AvgIpc) is 2.14. The van der Waals surface area contributed by atoms with Gasteiger partial charge in [0.2, 0.25) is 0 Å². The van der Waals surface area contributed by atoms with Crippen molar-refractivity contribution in [3.05, 3.63) is 23.8 Å². The molecular formula is C13H20O3. The number of hydrogen-bond acceptors (Lipinski definition) is 3. The number of aliphatic hydroxyl groups is 2. The Labute approximate surface area is 96.5 Å². The Hall–Kier alpha value is -0.930. The Morgan fingerprint density at radius 1 is 1.62 bits per heavy atom. The van der Waals surface area contributed by atoms with Gasteiger partial charge in [0.1, 0.15) is 0 Å². The van der Waals surface area contributed by atoms with Crippen molar-refractivity contribution >= 4 is 5.78 Å². The molecule has 0 aromatic heterocycles. The Morgan fingerprint density at radius 2 is 2.25 bits per heavy atom. The molecule has 90 valence electrons. The van der Waals surface area contributed by atoms with E-state index in [-0.39, 0.29) is 23.7 Å². The minimum absolute atomic E-state index is 0.123. The fraction of sp³-hybridized carbons (Fsp3) is 0.615. The molecule has 0 bridgehead atoms. The van der Waals surface area contributed by atoms with Gasteiger partial charge in [-0.1, -0.05) is 31.6 Å². The predicted octanol–water partition coefficient (Wildman–Crippen LogP) is 1.46. The standard InChI is InChI=1S/C13H20O3/c1-9-6-11(16)7-13(2,3)12(9)5-4-10(15)8-14/h4-6,10,12,14-15H,7-8H2,1-3H3/b5-4+. The maximum Gasteiger partial charge on any atom is 0.156 e. The summed E-state index contributed by atoms with van der Waals surface area (Å²) >= 11 is 0. The van der Waals surface area contributed by atoms with E-state index in [1.807, 2.05) is 26.8 Å². The first-order valence-corrected chi connectivity index (χ1v) is 5.55. The van der Waals surface area contributed by atoms with Gasteiger partial charge in [0.15, 0.2) is 5.78 Å². The summed E-state index contributed by atoms with van der Waals surface area (Å²) in [6.07, 6.45) is 4.86. The predicted molar refractivity (Wildman–Crippen MR) is 62.9 cm³/mol. The van der Waals surface area contributed by atoms with Crippen molar-refractivity contribution in [2.75, 3.05) is 6.61 Å². The quantitative estimate of drug-likeness (QED) is 0.713. The second-order valence-electron chi connectivity index (χ2n) is 5.13. The van der Waals surface area contributed by atoms with E-state index in [4.69, 9.17) is 5.11 Å². The summed E-state index contributed by atoms with van der Waals surface area (Å²) in [7, 11) is 0. The molecule has 0 radical (unpaired) electrons. The van der Waals surface area contributed by atoms with E-state index in [1.165, 1.54) is 0 Å². The van der Waals surface area contributed by atoms with Gasteiger partial charge in [0, 0.05) is 12.3 Å². The van der Waals surface area contributed by atoms with Crippen LogP contribution in [0.1, 0.15) is 27.2 Å². The van der Waals surface area contributed by atoms with Crippen LogP contribution in [0, 0.1) is 11.3 Å². The van der Waals surface area contributed by atoms with Crippen LogP contribution in [0.2, 0.25) is 0 Å². The average molecular weight is 224 g/mol. The summed E-state index contributed by atoms with van der Waals surface area (Å²) in [4.78, 5) is 11.4. The van der Waals surface area contributed by atoms with Crippen LogP contribution in [-0.4, -0.2) is 28.7 Å². The molecule has 16 heavy (non-hydrogen) atoms. The van der Waals surface area contributed by atoms with Gasteiger partial charge in [0.05, 0.1) is 12.7 Å². The molecule has 1 rings (SSSR count). The summed E-state index contributed by atoms with van der Waals surface area (Å²) in [5, 5.41) is 18.0. The zero-order chi connectivity index (χ0) is 12.3. The van der Waals surface area contributed by atoms with Gasteiger partial charge >= 0.3 is 0 Å². The number of carbonyl (C=O) groups is 1. The Morgan fingerprint density at radius 3 is 2.75 bits per heavy atom. The molecule has 2 N–H and O–H groups in total. The fourth-order valence-electron chi connectivity index (χ4n) is 2.28. The Kier molecular flexibility index (Phi) is 4.05. The highest BCUT2D eigenvalue weighted by Crippen LogP contribution is 2.40. The minimum atomic E-state index is -0.818. The van der Waals surface area contributed by atoms with Gasteiger partial charge in [-0.2, -0.15) is 0 Å². The molecule has 3 heteroatoms. The van der Waals surface area contributed by atoms with Crippen molar-refractivity contribution in [1.29, 1.82) is 0 Å². The normalized spacial score (nSPS) is 26.9. The van der Waals surface area contributed by atoms with E-state index in [2.05, 4.69) is 0 Å². The first-order valence-electron chi connectivity index (χ1n) is 5.55. The monoisotopic (exact) mass is 224 g/mol. The SMILES string of the molecule is CC1=CC(=O)CC(C)(C)C1/C=C/C(O)CO. The molecule has 0 aliphatic heterocycles. The number of carbonyl (C=O) groups excluding carboxylic acids is 1. The number of aliphatic hydroxyl groups excluding tert-OH is 2. The van der Waals surface area contributed by atoms with E-state index in [0.717, 1.165) is 5.57 Å². The van der Waals surface area contributed by atoms with Crippen molar-refractivity contribution in [2.24, 2.45) is 11.3 Å². The highest BCUT2D eigenvalue weighted by Gasteiger charge is 2.34. The van der Waals surface area contributed by atoms with E-state index in [9.17, 15) is 9.90 Å². The van der Waals surface area contributed by atoms with Crippen LogP contribution >= 0.6 is 0 Å². The highest BCUT2D eigenvalue weighted by molar-refractivity contribution is 5.92. The molecule has 0 saturated heterocycles. The van der Waals surface area contributed by atoms with E-state index in [0.29, 0.717) is 6.42 Å². The lowest BCUT2D eigenvalue weighted by molar-refractivity contribution is -0.117. The summed E-state index contributed by atoms with van der Waals surface area (Å²) in [5.74, 6) is 0.307. The molecule has 1 aliphatic rings. The first-order chi connectivity index (χ1) is 7.36. The molecule has 1 aliphatic carbocycles. The van der Waals surface area contributed by atoms with Crippen LogP contribution in [0.25, 0.3) is 0 Å². The van der Waals surface area contributed by atoms with Crippen molar-refractivity contribution in [3.63, 3.8) is 0 Å². The van der Waals surface area contributed by atoms with Crippen LogP contribution in [0.15, 0.2) is 23.8 Å². The number of allylic oxidation sites excluding steroid dienone is 3. The smallest absolute Gasteiger partial charge is 0.156 e. The summed E-state index contributed by atoms with van der Waals surface area (Å²) in [5.41, 5.74) is 0.893. The Bertz CT molecular complexity index is 326. The minimum Gasteiger partial charge on any atom is -0.393 e. The number of ketones is 1. The summed E-state index contributed by atoms with van der Waals surface area (Å²) in [6, 6.07) is 0. The van der Waals surface area contributed by atoms with E-state index >= 15 is 0 Å². The molecule has 0 aromatic rings. The van der Waals surface area contributed by atoms with Gasteiger partial charge in [-0.25, -0.2) is 0 Å². The molecule has 0 spiro atoms. The third kappa shape index (κ3) is 3.03. The van der Waals surface area contributed by atoms with E-state index in [1.54, 1.807) is 12.2 Å². The lowest BCUT2D eigenvalue weighted by Crippen LogP contribution is -2.30. The van der Waals surface area contributed by atoms with Gasteiger partial charge in [-0.3, -0.25) is 4.79 Å². The molecule has 2 unspecified atom stereocenters. The van der Waals surface area contributed by atoms with E-state index < -0.39 is 6.10 Å². The lowest BCUT2D eigenvalue weighted by Gasteiger charge is -2.35. The zero-order valence-corrected chi connectivity index (χ0v) is 10.1. The number of rotatable bonds is 3. The van der Waals surface area contributed by atoms with Gasteiger partial charge < -0.3 is 10.2 Å². The molecule has 0 fully saturated rings. The van der Waals surface area contributed by atoms with Crippen LogP contribution in [-0.2, 0) is 4.79 Å². The third-order valence-corrected chi connectivity index (χ3v) is 3.06.